The summed E-state index contributed by atoms with van der Waals surface area (Å²) in [7, 11) is 0. The van der Waals surface area contributed by atoms with Gasteiger partial charge in [-0.15, -0.1) is 0 Å². The predicted octanol–water partition coefficient (Wildman–Crippen LogP) is 4.61. The summed E-state index contributed by atoms with van der Waals surface area (Å²) >= 11 is 0. The molecule has 1 N–H and O–H groups in total. The Bertz CT molecular complexity index is 819. The first kappa shape index (κ1) is 21.7. The normalized spacial score (nSPS) is 15.0. The van der Waals surface area contributed by atoms with Gasteiger partial charge in [-0.05, 0) is 63.6 Å². The SMILES string of the molecule is CC(C)(C)OC(=O)N1CCC(Cc2ccc(NC(=O)OCc3cnco3)cc2)CC1. The van der Waals surface area contributed by atoms with E-state index in [4.69, 9.17) is 13.9 Å². The fraction of sp³-hybridized carbons (Fsp3) is 0.500. The summed E-state index contributed by atoms with van der Waals surface area (Å²) in [4.78, 5) is 29.6. The van der Waals surface area contributed by atoms with Crippen LogP contribution in [0.3, 0.4) is 0 Å². The highest BCUT2D eigenvalue weighted by Gasteiger charge is 2.26. The molecule has 1 aromatic carbocycles. The molecule has 1 aliphatic rings. The number of likely N-dealkylation sites (tertiary alicyclic amines) is 1. The maximum absolute atomic E-state index is 12.2. The van der Waals surface area contributed by atoms with Crippen LogP contribution in [-0.4, -0.2) is 40.8 Å². The molecule has 1 saturated heterocycles. The van der Waals surface area contributed by atoms with Crippen LogP contribution in [0.1, 0.15) is 44.9 Å². The number of aromatic nitrogens is 1. The van der Waals surface area contributed by atoms with Crippen molar-refractivity contribution in [3.05, 3.63) is 48.2 Å². The Kier molecular flexibility index (Phi) is 6.97. The van der Waals surface area contributed by atoms with Crippen molar-refractivity contribution in [1.82, 2.24) is 9.88 Å². The van der Waals surface area contributed by atoms with E-state index in [1.54, 1.807) is 4.90 Å². The second kappa shape index (κ2) is 9.65. The standard InChI is InChI=1S/C22H29N3O5/c1-22(2,3)30-21(27)25-10-8-17(9-11-25)12-16-4-6-18(7-5-16)24-20(26)28-14-19-13-23-15-29-19/h4-7,13,15,17H,8-12,14H2,1-3H3,(H,24,26). The van der Waals surface area contributed by atoms with Gasteiger partial charge in [0.2, 0.25) is 0 Å². The summed E-state index contributed by atoms with van der Waals surface area (Å²) in [5, 5.41) is 2.69. The number of benzene rings is 1. The Balaban J connectivity index is 1.40. The number of rotatable bonds is 5. The lowest BCUT2D eigenvalue weighted by Gasteiger charge is -2.33. The molecule has 1 aromatic heterocycles. The van der Waals surface area contributed by atoms with Crippen molar-refractivity contribution in [1.29, 1.82) is 0 Å². The summed E-state index contributed by atoms with van der Waals surface area (Å²) < 4.78 is 15.5. The van der Waals surface area contributed by atoms with Crippen molar-refractivity contribution in [3.63, 3.8) is 0 Å². The number of ether oxygens (including phenoxy) is 2. The Labute approximate surface area is 176 Å². The van der Waals surface area contributed by atoms with Gasteiger partial charge in [0, 0.05) is 18.8 Å². The minimum Gasteiger partial charge on any atom is -0.445 e. The number of carbonyl (C=O) groups excluding carboxylic acids is 2. The van der Waals surface area contributed by atoms with Gasteiger partial charge in [-0.25, -0.2) is 14.6 Å². The fourth-order valence-electron chi connectivity index (χ4n) is 3.31. The molecule has 0 radical (unpaired) electrons. The predicted molar refractivity (Wildman–Crippen MR) is 111 cm³/mol. The Morgan fingerprint density at radius 2 is 1.90 bits per heavy atom. The number of anilines is 1. The molecule has 0 saturated carbocycles. The largest absolute Gasteiger partial charge is 0.445 e. The van der Waals surface area contributed by atoms with E-state index in [0.717, 1.165) is 32.4 Å². The van der Waals surface area contributed by atoms with E-state index in [1.807, 2.05) is 45.0 Å². The molecular formula is C22H29N3O5. The van der Waals surface area contributed by atoms with E-state index in [-0.39, 0.29) is 12.7 Å². The van der Waals surface area contributed by atoms with E-state index >= 15 is 0 Å². The zero-order valence-electron chi connectivity index (χ0n) is 17.7. The van der Waals surface area contributed by atoms with Crippen molar-refractivity contribution in [2.45, 2.75) is 52.2 Å². The van der Waals surface area contributed by atoms with E-state index in [2.05, 4.69) is 10.3 Å². The minimum absolute atomic E-state index is 0.0336. The number of hydrogen-bond donors (Lipinski definition) is 1. The number of amides is 2. The molecule has 0 aliphatic carbocycles. The number of piperidine rings is 1. The highest BCUT2D eigenvalue weighted by molar-refractivity contribution is 5.84. The first-order valence-corrected chi connectivity index (χ1v) is 10.2. The van der Waals surface area contributed by atoms with Crippen LogP contribution in [0, 0.1) is 5.92 Å². The highest BCUT2D eigenvalue weighted by atomic mass is 16.6. The monoisotopic (exact) mass is 415 g/mol. The van der Waals surface area contributed by atoms with Crippen molar-refractivity contribution in [2.75, 3.05) is 18.4 Å². The zero-order valence-corrected chi connectivity index (χ0v) is 17.7. The van der Waals surface area contributed by atoms with Gasteiger partial charge in [0.15, 0.2) is 18.8 Å². The second-order valence-electron chi connectivity index (χ2n) is 8.48. The van der Waals surface area contributed by atoms with Crippen molar-refractivity contribution >= 4 is 17.9 Å². The molecule has 1 fully saturated rings. The molecule has 2 heterocycles. The molecule has 8 heteroatoms. The first-order chi connectivity index (χ1) is 14.3. The summed E-state index contributed by atoms with van der Waals surface area (Å²) in [6.45, 7) is 7.11. The highest BCUT2D eigenvalue weighted by Crippen LogP contribution is 2.24. The van der Waals surface area contributed by atoms with E-state index < -0.39 is 11.7 Å². The number of nitrogens with zero attached hydrogens (tertiary/aromatic N) is 2. The molecule has 0 atom stereocenters. The maximum Gasteiger partial charge on any atom is 0.412 e. The average molecular weight is 415 g/mol. The smallest absolute Gasteiger partial charge is 0.412 e. The Morgan fingerprint density at radius 3 is 2.50 bits per heavy atom. The van der Waals surface area contributed by atoms with Crippen LogP contribution in [0.25, 0.3) is 0 Å². The topological polar surface area (TPSA) is 93.9 Å². The third kappa shape index (κ3) is 6.79. The van der Waals surface area contributed by atoms with Crippen LogP contribution in [0.4, 0.5) is 15.3 Å². The van der Waals surface area contributed by atoms with Crippen LogP contribution in [0.15, 0.2) is 41.3 Å². The van der Waals surface area contributed by atoms with Crippen molar-refractivity contribution in [3.8, 4) is 0 Å². The molecular weight excluding hydrogens is 386 g/mol. The average Bonchev–Trinajstić information content (AvgIpc) is 3.21. The molecule has 1 aliphatic heterocycles. The molecule has 30 heavy (non-hydrogen) atoms. The fourth-order valence-corrected chi connectivity index (χ4v) is 3.31. The Hall–Kier alpha value is -3.03. The first-order valence-electron chi connectivity index (χ1n) is 10.2. The van der Waals surface area contributed by atoms with Crippen LogP contribution in [0.5, 0.6) is 0 Å². The van der Waals surface area contributed by atoms with Gasteiger partial charge in [0.05, 0.1) is 6.20 Å². The molecule has 2 aromatic rings. The Morgan fingerprint density at radius 1 is 1.20 bits per heavy atom. The number of oxazole rings is 1. The molecule has 0 spiro atoms. The van der Waals surface area contributed by atoms with Gasteiger partial charge in [0.1, 0.15) is 5.60 Å². The third-order valence-corrected chi connectivity index (χ3v) is 4.82. The van der Waals surface area contributed by atoms with Crippen molar-refractivity contribution in [2.24, 2.45) is 5.92 Å². The molecule has 162 valence electrons. The molecule has 0 unspecified atom stereocenters. The maximum atomic E-state index is 12.2. The lowest BCUT2D eigenvalue weighted by molar-refractivity contribution is 0.0184. The van der Waals surface area contributed by atoms with Gasteiger partial charge in [0.25, 0.3) is 0 Å². The molecule has 3 rings (SSSR count). The van der Waals surface area contributed by atoms with Gasteiger partial charge in [-0.3, -0.25) is 5.32 Å². The van der Waals surface area contributed by atoms with Crippen LogP contribution >= 0.6 is 0 Å². The molecule has 2 amide bonds. The number of hydrogen-bond acceptors (Lipinski definition) is 6. The number of nitrogens with one attached hydrogen (secondary N) is 1. The summed E-state index contributed by atoms with van der Waals surface area (Å²) in [6.07, 6.45) is 4.86. The second-order valence-corrected chi connectivity index (χ2v) is 8.48. The van der Waals surface area contributed by atoms with Gasteiger partial charge in [-0.2, -0.15) is 0 Å². The van der Waals surface area contributed by atoms with Crippen LogP contribution in [0.2, 0.25) is 0 Å². The summed E-state index contributed by atoms with van der Waals surface area (Å²) in [5.74, 6) is 1.01. The molecule has 0 bridgehead atoms. The summed E-state index contributed by atoms with van der Waals surface area (Å²) in [5.41, 5.74) is 1.40. The lowest BCUT2D eigenvalue weighted by atomic mass is 9.90. The van der Waals surface area contributed by atoms with Gasteiger partial charge in [-0.1, -0.05) is 12.1 Å². The van der Waals surface area contributed by atoms with Crippen molar-refractivity contribution < 1.29 is 23.5 Å². The minimum atomic E-state index is -0.548. The lowest BCUT2D eigenvalue weighted by Crippen LogP contribution is -2.42. The quantitative estimate of drug-likeness (QED) is 0.766. The van der Waals surface area contributed by atoms with E-state index in [9.17, 15) is 9.59 Å². The summed E-state index contributed by atoms with van der Waals surface area (Å²) in [6, 6.07) is 7.74. The van der Waals surface area contributed by atoms with Gasteiger partial charge < -0.3 is 18.8 Å². The van der Waals surface area contributed by atoms with Crippen LogP contribution < -0.4 is 5.32 Å². The van der Waals surface area contributed by atoms with E-state index in [0.29, 0.717) is 17.4 Å². The number of carbonyl (C=O) groups is 2. The van der Waals surface area contributed by atoms with Crippen LogP contribution in [-0.2, 0) is 22.5 Å². The zero-order chi connectivity index (χ0) is 21.6. The molecule has 8 nitrogen and oxygen atoms in total. The van der Waals surface area contributed by atoms with E-state index in [1.165, 1.54) is 18.2 Å². The third-order valence-electron chi connectivity index (χ3n) is 4.82. The van der Waals surface area contributed by atoms with Gasteiger partial charge >= 0.3 is 12.2 Å².